The Balaban J connectivity index is 0.00000261. The summed E-state index contributed by atoms with van der Waals surface area (Å²) in [4.78, 5) is 6.74. The van der Waals surface area contributed by atoms with Crippen molar-refractivity contribution in [1.82, 2.24) is 14.9 Å². The second-order valence-electron chi connectivity index (χ2n) is 7.95. The van der Waals surface area contributed by atoms with E-state index in [9.17, 15) is 8.42 Å². The fourth-order valence-electron chi connectivity index (χ4n) is 4.17. The molecule has 2 aliphatic carbocycles. The molecule has 0 amide bonds. The van der Waals surface area contributed by atoms with E-state index in [0.29, 0.717) is 23.8 Å². The summed E-state index contributed by atoms with van der Waals surface area (Å²) in [5, 5.41) is 3.28. The topological polar surface area (TPSA) is 73.8 Å². The molecule has 6 nitrogen and oxygen atoms in total. The summed E-state index contributed by atoms with van der Waals surface area (Å²) in [6.07, 6.45) is 10.2. The number of rotatable bonds is 6. The second kappa shape index (κ2) is 10.9. The Morgan fingerprint density at radius 3 is 2.59 bits per heavy atom. The van der Waals surface area contributed by atoms with Gasteiger partial charge < -0.3 is 10.2 Å². The lowest BCUT2D eigenvalue weighted by molar-refractivity contribution is 0.293. The van der Waals surface area contributed by atoms with Crippen LogP contribution in [0, 0.1) is 5.92 Å². The molecule has 27 heavy (non-hydrogen) atoms. The molecule has 0 bridgehead atoms. The largest absolute Gasteiger partial charge is 0.355 e. The number of nitrogens with zero attached hydrogens (tertiary/aromatic N) is 2. The highest BCUT2D eigenvalue weighted by molar-refractivity contribution is 14.0. The molecule has 158 valence electrons. The third-order valence-corrected chi connectivity index (χ3v) is 8.88. The number of hydrogen-bond donors (Lipinski definition) is 2. The molecule has 0 aromatic rings. The molecular weight excluding hydrogens is 495 g/mol. The molecule has 2 N–H and O–H groups in total. The lowest BCUT2D eigenvalue weighted by Gasteiger charge is -2.45. The zero-order chi connectivity index (χ0) is 18.5. The Hall–Kier alpha value is 0.260. The predicted molar refractivity (Wildman–Crippen MR) is 126 cm³/mol. The van der Waals surface area contributed by atoms with Crippen LogP contribution in [0.25, 0.3) is 0 Å². The fraction of sp³-hybridized carbons (Fsp3) is 0.944. The Kier molecular flexibility index (Phi) is 9.48. The maximum atomic E-state index is 12.2. The van der Waals surface area contributed by atoms with Gasteiger partial charge in [-0.25, -0.2) is 13.1 Å². The summed E-state index contributed by atoms with van der Waals surface area (Å²) in [5.41, 5.74) is 0. The van der Waals surface area contributed by atoms with E-state index in [-0.39, 0.29) is 29.7 Å². The summed E-state index contributed by atoms with van der Waals surface area (Å²) in [7, 11) is -1.41. The molecule has 0 aromatic carbocycles. The van der Waals surface area contributed by atoms with Gasteiger partial charge in [0, 0.05) is 43.7 Å². The molecule has 1 heterocycles. The first-order valence-electron chi connectivity index (χ1n) is 10.1. The fourth-order valence-corrected chi connectivity index (χ4v) is 6.74. The summed E-state index contributed by atoms with van der Waals surface area (Å²) in [5.74, 6) is 2.63. The minimum absolute atomic E-state index is 0. The van der Waals surface area contributed by atoms with E-state index in [1.54, 1.807) is 7.05 Å². The van der Waals surface area contributed by atoms with Crippen LogP contribution in [0.2, 0.25) is 0 Å². The van der Waals surface area contributed by atoms with Gasteiger partial charge in [-0.1, -0.05) is 25.7 Å². The van der Waals surface area contributed by atoms with E-state index in [1.165, 1.54) is 38.5 Å². The van der Waals surface area contributed by atoms with Crippen molar-refractivity contribution < 1.29 is 8.42 Å². The van der Waals surface area contributed by atoms with E-state index >= 15 is 0 Å². The van der Waals surface area contributed by atoms with E-state index < -0.39 is 10.0 Å². The van der Waals surface area contributed by atoms with Crippen LogP contribution in [-0.2, 0) is 10.0 Å². The van der Waals surface area contributed by atoms with Crippen molar-refractivity contribution in [2.45, 2.75) is 56.1 Å². The first-order chi connectivity index (χ1) is 12.5. The van der Waals surface area contributed by atoms with Crippen LogP contribution in [0.15, 0.2) is 4.99 Å². The van der Waals surface area contributed by atoms with E-state index in [4.69, 9.17) is 0 Å². The third kappa shape index (κ3) is 6.92. The molecular formula is C18H35IN4O2S2. The molecule has 0 unspecified atom stereocenters. The Morgan fingerprint density at radius 2 is 1.96 bits per heavy atom. The van der Waals surface area contributed by atoms with Crippen LogP contribution in [0.1, 0.15) is 51.4 Å². The molecule has 0 aromatic heterocycles. The number of aliphatic imine (C=N–C) groups is 1. The molecule has 3 aliphatic rings. The zero-order valence-electron chi connectivity index (χ0n) is 16.4. The quantitative estimate of drug-likeness (QED) is 0.314. The highest BCUT2D eigenvalue weighted by Crippen LogP contribution is 2.42. The van der Waals surface area contributed by atoms with Crippen molar-refractivity contribution in [1.29, 1.82) is 0 Å². The Bertz CT molecular complexity index is 585. The second-order valence-corrected chi connectivity index (χ2v) is 11.4. The summed E-state index contributed by atoms with van der Waals surface area (Å²) in [6, 6.07) is 0. The van der Waals surface area contributed by atoms with Gasteiger partial charge in [0.2, 0.25) is 10.0 Å². The first-order valence-corrected chi connectivity index (χ1v) is 12.7. The van der Waals surface area contributed by atoms with Crippen LogP contribution in [0.3, 0.4) is 0 Å². The van der Waals surface area contributed by atoms with Gasteiger partial charge in [0.1, 0.15) is 0 Å². The number of hydrogen-bond acceptors (Lipinski definition) is 4. The van der Waals surface area contributed by atoms with Crippen LogP contribution >= 0.6 is 35.7 Å². The third-order valence-electron chi connectivity index (χ3n) is 6.00. The van der Waals surface area contributed by atoms with Crippen molar-refractivity contribution in [3.05, 3.63) is 0 Å². The lowest BCUT2D eigenvalue weighted by atomic mass is 9.86. The average molecular weight is 531 g/mol. The minimum atomic E-state index is -3.20. The van der Waals surface area contributed by atoms with Gasteiger partial charge in [-0.15, -0.1) is 24.0 Å². The highest BCUT2D eigenvalue weighted by Gasteiger charge is 2.38. The molecule has 3 rings (SSSR count). The van der Waals surface area contributed by atoms with Gasteiger partial charge >= 0.3 is 0 Å². The Labute approximate surface area is 186 Å². The molecule has 0 radical (unpaired) electrons. The Morgan fingerprint density at radius 1 is 1.22 bits per heavy atom. The molecule has 0 atom stereocenters. The maximum Gasteiger partial charge on any atom is 0.213 e. The van der Waals surface area contributed by atoms with Crippen LogP contribution in [0.4, 0.5) is 0 Å². The number of halogens is 1. The van der Waals surface area contributed by atoms with Crippen LogP contribution in [-0.4, -0.2) is 68.8 Å². The zero-order valence-corrected chi connectivity index (χ0v) is 20.4. The standard InChI is InChI=1S/C18H34N4O2S2.HI/c1-19-17(20-10-13-26(23,24)21-14-16-6-5-7-16)22-11-12-25-18(15-22)8-3-2-4-9-18;/h16,21H,2-15H2,1H3,(H,19,20);1H. The van der Waals surface area contributed by atoms with E-state index in [0.717, 1.165) is 37.6 Å². The van der Waals surface area contributed by atoms with Crippen molar-refractivity contribution in [2.75, 3.05) is 44.7 Å². The van der Waals surface area contributed by atoms with E-state index in [2.05, 4.69) is 31.7 Å². The molecule has 2 saturated carbocycles. The van der Waals surface area contributed by atoms with Crippen molar-refractivity contribution in [2.24, 2.45) is 10.9 Å². The maximum absolute atomic E-state index is 12.2. The smallest absolute Gasteiger partial charge is 0.213 e. The van der Waals surface area contributed by atoms with Crippen molar-refractivity contribution in [3.63, 3.8) is 0 Å². The van der Waals surface area contributed by atoms with Crippen molar-refractivity contribution >= 4 is 51.7 Å². The van der Waals surface area contributed by atoms with Crippen LogP contribution < -0.4 is 10.0 Å². The molecule has 3 fully saturated rings. The van der Waals surface area contributed by atoms with Crippen molar-refractivity contribution in [3.8, 4) is 0 Å². The number of guanidine groups is 1. The lowest BCUT2D eigenvalue weighted by Crippen LogP contribution is -2.54. The van der Waals surface area contributed by atoms with Gasteiger partial charge in [-0.05, 0) is 31.6 Å². The van der Waals surface area contributed by atoms with Gasteiger partial charge in [-0.2, -0.15) is 11.8 Å². The molecule has 9 heteroatoms. The van der Waals surface area contributed by atoms with Gasteiger partial charge in [0.25, 0.3) is 0 Å². The SMILES string of the molecule is CN=C(NCCS(=O)(=O)NCC1CCC1)N1CCSC2(CCCCC2)C1.I. The first kappa shape index (κ1) is 23.5. The van der Waals surface area contributed by atoms with Gasteiger partial charge in [-0.3, -0.25) is 4.99 Å². The summed E-state index contributed by atoms with van der Waals surface area (Å²) in [6.45, 7) is 3.02. The van der Waals surface area contributed by atoms with Gasteiger partial charge in [0.15, 0.2) is 5.96 Å². The molecule has 1 aliphatic heterocycles. The highest BCUT2D eigenvalue weighted by atomic mass is 127. The van der Waals surface area contributed by atoms with Gasteiger partial charge in [0.05, 0.1) is 5.75 Å². The predicted octanol–water partition coefficient (Wildman–Crippen LogP) is 2.65. The number of sulfonamides is 1. The monoisotopic (exact) mass is 530 g/mol. The molecule has 1 saturated heterocycles. The normalized spacial score (nSPS) is 23.6. The minimum Gasteiger partial charge on any atom is -0.355 e. The summed E-state index contributed by atoms with van der Waals surface area (Å²) < 4.78 is 27.4. The average Bonchev–Trinajstić information content (AvgIpc) is 2.58. The van der Waals surface area contributed by atoms with E-state index in [1.807, 2.05) is 0 Å². The number of nitrogens with one attached hydrogen (secondary N) is 2. The number of thioether (sulfide) groups is 1. The van der Waals surface area contributed by atoms with Crippen LogP contribution in [0.5, 0.6) is 0 Å². The summed E-state index contributed by atoms with van der Waals surface area (Å²) >= 11 is 2.13. The molecule has 1 spiro atoms.